The number of thioether (sulfide) groups is 1. The van der Waals surface area contributed by atoms with Gasteiger partial charge in [-0.3, -0.25) is 0 Å². The maximum absolute atomic E-state index is 12.3. The summed E-state index contributed by atoms with van der Waals surface area (Å²) in [4.78, 5) is 26.9. The van der Waals surface area contributed by atoms with Gasteiger partial charge < -0.3 is 14.9 Å². The Labute approximate surface area is 105 Å². The molecule has 1 atom stereocenters. The van der Waals surface area contributed by atoms with Gasteiger partial charge in [0.25, 0.3) is 0 Å². The second-order valence-electron chi connectivity index (χ2n) is 4.72. The molecule has 0 aromatic carbocycles. The van der Waals surface area contributed by atoms with E-state index in [4.69, 9.17) is 0 Å². The first-order valence-electron chi connectivity index (χ1n) is 5.93. The summed E-state index contributed by atoms with van der Waals surface area (Å²) in [6.45, 7) is 3.68. The van der Waals surface area contributed by atoms with Gasteiger partial charge in [0.15, 0.2) is 0 Å². The molecule has 2 aliphatic heterocycles. The fourth-order valence-electron chi connectivity index (χ4n) is 2.42. The van der Waals surface area contributed by atoms with Crippen molar-refractivity contribution in [2.45, 2.75) is 25.3 Å². The summed E-state index contributed by atoms with van der Waals surface area (Å²) < 4.78 is 0. The third-order valence-corrected chi connectivity index (χ3v) is 4.56. The highest BCUT2D eigenvalue weighted by atomic mass is 32.2. The first-order chi connectivity index (χ1) is 8.05. The van der Waals surface area contributed by atoms with Gasteiger partial charge in [0.1, 0.15) is 5.54 Å². The van der Waals surface area contributed by atoms with E-state index in [1.54, 1.807) is 11.8 Å². The van der Waals surface area contributed by atoms with Crippen molar-refractivity contribution < 1.29 is 14.7 Å². The number of carboxylic acids is 1. The van der Waals surface area contributed by atoms with Crippen molar-refractivity contribution in [3.63, 3.8) is 0 Å². The monoisotopic (exact) mass is 258 g/mol. The van der Waals surface area contributed by atoms with Crippen LogP contribution >= 0.6 is 11.8 Å². The number of nitrogens with zero attached hydrogens (tertiary/aromatic N) is 2. The highest BCUT2D eigenvalue weighted by Crippen LogP contribution is 2.30. The normalized spacial score (nSPS) is 29.5. The van der Waals surface area contributed by atoms with Gasteiger partial charge in [0.05, 0.1) is 0 Å². The lowest BCUT2D eigenvalue weighted by atomic mass is 10.00. The van der Waals surface area contributed by atoms with Crippen LogP contribution in [-0.2, 0) is 4.79 Å². The van der Waals surface area contributed by atoms with Crippen LogP contribution in [0.15, 0.2) is 0 Å². The number of hydrogen-bond acceptors (Lipinski definition) is 3. The first kappa shape index (κ1) is 12.5. The van der Waals surface area contributed by atoms with Crippen molar-refractivity contribution in [1.29, 1.82) is 0 Å². The van der Waals surface area contributed by atoms with Gasteiger partial charge in [-0.1, -0.05) is 0 Å². The van der Waals surface area contributed by atoms with E-state index < -0.39 is 11.5 Å². The first-order valence-corrected chi connectivity index (χ1v) is 7.09. The van der Waals surface area contributed by atoms with Crippen LogP contribution in [0.4, 0.5) is 4.79 Å². The molecule has 1 unspecified atom stereocenters. The van der Waals surface area contributed by atoms with Crippen LogP contribution < -0.4 is 0 Å². The highest BCUT2D eigenvalue weighted by Gasteiger charge is 2.47. The van der Waals surface area contributed by atoms with E-state index in [9.17, 15) is 14.7 Å². The van der Waals surface area contributed by atoms with Crippen LogP contribution in [0.1, 0.15) is 19.8 Å². The SMILES string of the molecule is CC1(C(=O)O)CCCN1C(=O)N1CCSCC1. The Morgan fingerprint density at radius 2 is 1.88 bits per heavy atom. The Balaban J connectivity index is 2.10. The maximum Gasteiger partial charge on any atom is 0.329 e. The Bertz CT molecular complexity index is 331. The van der Waals surface area contributed by atoms with E-state index in [2.05, 4.69) is 0 Å². The summed E-state index contributed by atoms with van der Waals surface area (Å²) in [6, 6.07) is -0.104. The van der Waals surface area contributed by atoms with Crippen molar-refractivity contribution in [2.75, 3.05) is 31.1 Å². The molecule has 2 amide bonds. The third-order valence-electron chi connectivity index (χ3n) is 3.61. The molecule has 0 bridgehead atoms. The molecule has 0 aromatic heterocycles. The summed E-state index contributed by atoms with van der Waals surface area (Å²) in [6.07, 6.45) is 1.33. The molecule has 17 heavy (non-hydrogen) atoms. The van der Waals surface area contributed by atoms with E-state index in [-0.39, 0.29) is 6.03 Å². The zero-order valence-corrected chi connectivity index (χ0v) is 10.8. The third kappa shape index (κ3) is 2.22. The average Bonchev–Trinajstić information content (AvgIpc) is 2.73. The van der Waals surface area contributed by atoms with Crippen LogP contribution in [0.25, 0.3) is 0 Å². The minimum Gasteiger partial charge on any atom is -0.480 e. The maximum atomic E-state index is 12.3. The molecule has 6 heteroatoms. The molecule has 1 N–H and O–H groups in total. The Hall–Kier alpha value is -0.910. The molecule has 2 heterocycles. The zero-order valence-electron chi connectivity index (χ0n) is 10.0. The van der Waals surface area contributed by atoms with E-state index in [0.29, 0.717) is 13.0 Å². The molecule has 2 fully saturated rings. The van der Waals surface area contributed by atoms with Gasteiger partial charge in [0.2, 0.25) is 0 Å². The van der Waals surface area contributed by atoms with Gasteiger partial charge in [0, 0.05) is 31.1 Å². The molecule has 0 radical (unpaired) electrons. The molecule has 2 aliphatic rings. The fourth-order valence-corrected chi connectivity index (χ4v) is 3.32. The smallest absolute Gasteiger partial charge is 0.329 e. The van der Waals surface area contributed by atoms with Crippen LogP contribution in [0.5, 0.6) is 0 Å². The number of rotatable bonds is 1. The molecule has 5 nitrogen and oxygen atoms in total. The van der Waals surface area contributed by atoms with Crippen molar-refractivity contribution >= 4 is 23.8 Å². The fraction of sp³-hybridized carbons (Fsp3) is 0.818. The van der Waals surface area contributed by atoms with E-state index in [1.165, 1.54) is 4.90 Å². The number of carbonyl (C=O) groups excluding carboxylic acids is 1. The molecular formula is C11H18N2O3S. The molecule has 0 aliphatic carbocycles. The Kier molecular flexibility index (Phi) is 3.51. The molecule has 0 saturated carbocycles. The van der Waals surface area contributed by atoms with Crippen molar-refractivity contribution in [3.8, 4) is 0 Å². The second-order valence-corrected chi connectivity index (χ2v) is 5.94. The molecule has 2 rings (SSSR count). The van der Waals surface area contributed by atoms with Crippen molar-refractivity contribution in [2.24, 2.45) is 0 Å². The lowest BCUT2D eigenvalue weighted by Gasteiger charge is -2.37. The quantitative estimate of drug-likeness (QED) is 0.765. The number of carbonyl (C=O) groups is 2. The van der Waals surface area contributed by atoms with E-state index in [1.807, 2.05) is 11.8 Å². The van der Waals surface area contributed by atoms with Gasteiger partial charge in [-0.25, -0.2) is 9.59 Å². The average molecular weight is 258 g/mol. The molecule has 2 saturated heterocycles. The van der Waals surface area contributed by atoms with Crippen LogP contribution in [0.3, 0.4) is 0 Å². The molecular weight excluding hydrogens is 240 g/mol. The molecule has 0 aromatic rings. The lowest BCUT2D eigenvalue weighted by Crippen LogP contribution is -2.56. The standard InChI is InChI=1S/C11H18N2O3S/c1-11(9(14)15)3-2-4-13(11)10(16)12-5-7-17-8-6-12/h2-8H2,1H3,(H,14,15). The van der Waals surface area contributed by atoms with Crippen molar-refractivity contribution in [3.05, 3.63) is 0 Å². The summed E-state index contributed by atoms with van der Waals surface area (Å²) in [5.41, 5.74) is -1.01. The number of urea groups is 1. The number of amides is 2. The minimum absolute atomic E-state index is 0.104. The summed E-state index contributed by atoms with van der Waals surface area (Å²) in [7, 11) is 0. The van der Waals surface area contributed by atoms with Gasteiger partial charge in [-0.05, 0) is 19.8 Å². The topological polar surface area (TPSA) is 60.9 Å². The molecule has 96 valence electrons. The predicted molar refractivity (Wildman–Crippen MR) is 66.3 cm³/mol. The second kappa shape index (κ2) is 4.76. The number of hydrogen-bond donors (Lipinski definition) is 1. The number of aliphatic carboxylic acids is 1. The van der Waals surface area contributed by atoms with E-state index in [0.717, 1.165) is 31.0 Å². The summed E-state index contributed by atoms with van der Waals surface area (Å²) in [5.74, 6) is 1.00. The van der Waals surface area contributed by atoms with Gasteiger partial charge in [-0.2, -0.15) is 11.8 Å². The number of carboxylic acid groups (broad SMARTS) is 1. The van der Waals surface area contributed by atoms with Crippen LogP contribution in [0, 0.1) is 0 Å². The van der Waals surface area contributed by atoms with Gasteiger partial charge >= 0.3 is 12.0 Å². The summed E-state index contributed by atoms with van der Waals surface area (Å²) >= 11 is 1.84. The Morgan fingerprint density at radius 1 is 1.24 bits per heavy atom. The van der Waals surface area contributed by atoms with E-state index >= 15 is 0 Å². The van der Waals surface area contributed by atoms with Gasteiger partial charge in [-0.15, -0.1) is 0 Å². The zero-order chi connectivity index (χ0) is 12.5. The Morgan fingerprint density at radius 3 is 2.47 bits per heavy atom. The highest BCUT2D eigenvalue weighted by molar-refractivity contribution is 7.99. The minimum atomic E-state index is -1.01. The largest absolute Gasteiger partial charge is 0.480 e. The summed E-state index contributed by atoms with van der Waals surface area (Å²) in [5, 5.41) is 9.27. The van der Waals surface area contributed by atoms with Crippen LogP contribution in [0.2, 0.25) is 0 Å². The number of likely N-dealkylation sites (tertiary alicyclic amines) is 1. The predicted octanol–water partition coefficient (Wildman–Crippen LogP) is 1.09. The van der Waals surface area contributed by atoms with Crippen LogP contribution in [-0.4, -0.2) is 63.6 Å². The van der Waals surface area contributed by atoms with Crippen molar-refractivity contribution in [1.82, 2.24) is 9.80 Å². The molecule has 0 spiro atoms. The lowest BCUT2D eigenvalue weighted by molar-refractivity contribution is -0.147.